The van der Waals surface area contributed by atoms with E-state index >= 15 is 0 Å². The molecule has 1 nitrogen and oxygen atoms in total. The SMILES string of the molecule is CC1=C(C)CC(c2c(F)c(F)c(F)c(F)c2F)OC1. The van der Waals surface area contributed by atoms with Crippen LogP contribution in [0.3, 0.4) is 0 Å². The molecule has 104 valence electrons. The molecular formula is C13H11F5O. The first-order valence-electron chi connectivity index (χ1n) is 5.62. The van der Waals surface area contributed by atoms with Gasteiger partial charge in [0.2, 0.25) is 5.82 Å². The van der Waals surface area contributed by atoms with Gasteiger partial charge in [0, 0.05) is 0 Å². The van der Waals surface area contributed by atoms with Crippen LogP contribution in [0, 0.1) is 29.1 Å². The maximum absolute atomic E-state index is 13.6. The first-order valence-corrected chi connectivity index (χ1v) is 5.62. The highest BCUT2D eigenvalue weighted by Crippen LogP contribution is 2.36. The average molecular weight is 278 g/mol. The molecular weight excluding hydrogens is 267 g/mol. The minimum absolute atomic E-state index is 0.101. The van der Waals surface area contributed by atoms with Crippen LogP contribution in [0.15, 0.2) is 11.1 Å². The molecule has 1 atom stereocenters. The van der Waals surface area contributed by atoms with Gasteiger partial charge in [-0.2, -0.15) is 0 Å². The molecule has 1 heterocycles. The van der Waals surface area contributed by atoms with Crippen molar-refractivity contribution in [3.63, 3.8) is 0 Å². The number of halogens is 5. The van der Waals surface area contributed by atoms with Crippen LogP contribution in [0.25, 0.3) is 0 Å². The van der Waals surface area contributed by atoms with Crippen LogP contribution < -0.4 is 0 Å². The molecule has 1 unspecified atom stereocenters. The molecule has 1 aromatic carbocycles. The van der Waals surface area contributed by atoms with Gasteiger partial charge in [0.1, 0.15) is 0 Å². The number of benzene rings is 1. The van der Waals surface area contributed by atoms with E-state index in [0.29, 0.717) is 0 Å². The molecule has 0 radical (unpaired) electrons. The first kappa shape index (κ1) is 14.0. The summed E-state index contributed by atoms with van der Waals surface area (Å²) in [6.07, 6.45) is -1.06. The highest BCUT2D eigenvalue weighted by atomic mass is 19.2. The van der Waals surface area contributed by atoms with Crippen LogP contribution >= 0.6 is 0 Å². The van der Waals surface area contributed by atoms with E-state index < -0.39 is 40.8 Å². The Hall–Kier alpha value is -1.43. The normalized spacial score (nSPS) is 20.1. The van der Waals surface area contributed by atoms with E-state index in [-0.39, 0.29) is 13.0 Å². The van der Waals surface area contributed by atoms with Gasteiger partial charge >= 0.3 is 0 Å². The summed E-state index contributed by atoms with van der Waals surface area (Å²) in [7, 11) is 0. The molecule has 1 aliphatic heterocycles. The number of ether oxygens (including phenoxy) is 1. The Morgan fingerprint density at radius 3 is 1.74 bits per heavy atom. The molecule has 0 aliphatic carbocycles. The fourth-order valence-corrected chi connectivity index (χ4v) is 1.95. The van der Waals surface area contributed by atoms with Gasteiger partial charge < -0.3 is 4.74 Å². The predicted octanol–water partition coefficient (Wildman–Crippen LogP) is 4.18. The lowest BCUT2D eigenvalue weighted by atomic mass is 9.95. The minimum atomic E-state index is -2.15. The summed E-state index contributed by atoms with van der Waals surface area (Å²) in [5.74, 6) is -9.69. The highest BCUT2D eigenvalue weighted by molar-refractivity contribution is 5.29. The summed E-state index contributed by atoms with van der Waals surface area (Å²) in [5, 5.41) is 0. The van der Waals surface area contributed by atoms with Gasteiger partial charge in [-0.1, -0.05) is 5.57 Å². The lowest BCUT2D eigenvalue weighted by Gasteiger charge is -2.26. The van der Waals surface area contributed by atoms with E-state index in [4.69, 9.17) is 4.74 Å². The molecule has 0 N–H and O–H groups in total. The van der Waals surface area contributed by atoms with Crippen LogP contribution in [-0.2, 0) is 4.74 Å². The Balaban J connectivity index is 2.53. The lowest BCUT2D eigenvalue weighted by molar-refractivity contribution is 0.0510. The third-order valence-corrected chi connectivity index (χ3v) is 3.29. The van der Waals surface area contributed by atoms with E-state index in [1.807, 2.05) is 0 Å². The quantitative estimate of drug-likeness (QED) is 0.324. The van der Waals surface area contributed by atoms with Crippen molar-refractivity contribution in [1.82, 2.24) is 0 Å². The average Bonchev–Trinajstić information content (AvgIpc) is 2.38. The number of hydrogen-bond acceptors (Lipinski definition) is 1. The third kappa shape index (κ3) is 2.25. The second-order valence-electron chi connectivity index (χ2n) is 4.55. The van der Waals surface area contributed by atoms with Gasteiger partial charge in [-0.25, -0.2) is 22.0 Å². The monoisotopic (exact) mass is 278 g/mol. The van der Waals surface area contributed by atoms with Crippen molar-refractivity contribution in [1.29, 1.82) is 0 Å². The molecule has 0 saturated carbocycles. The standard InChI is InChI=1S/C13H11F5O/c1-5-3-7(19-4-6(5)2)8-9(14)11(16)13(18)12(17)10(8)15/h7H,3-4H2,1-2H3. The molecule has 1 aliphatic rings. The van der Waals surface area contributed by atoms with Crippen LogP contribution in [0.4, 0.5) is 22.0 Å². The van der Waals surface area contributed by atoms with Crippen molar-refractivity contribution in [3.05, 3.63) is 45.8 Å². The van der Waals surface area contributed by atoms with Gasteiger partial charge in [0.05, 0.1) is 18.3 Å². The summed E-state index contributed by atoms with van der Waals surface area (Å²) in [5.41, 5.74) is 0.809. The topological polar surface area (TPSA) is 9.23 Å². The fraction of sp³-hybridized carbons (Fsp3) is 0.385. The summed E-state index contributed by atoms with van der Waals surface area (Å²) in [6, 6.07) is 0. The van der Waals surface area contributed by atoms with Gasteiger partial charge in [-0.15, -0.1) is 0 Å². The van der Waals surface area contributed by atoms with E-state index in [2.05, 4.69) is 0 Å². The van der Waals surface area contributed by atoms with Crippen LogP contribution in [0.1, 0.15) is 31.9 Å². The molecule has 0 spiro atoms. The lowest BCUT2D eigenvalue weighted by Crippen LogP contribution is -2.19. The molecule has 0 aromatic heterocycles. The highest BCUT2D eigenvalue weighted by Gasteiger charge is 2.32. The van der Waals surface area contributed by atoms with Gasteiger partial charge in [0.25, 0.3) is 0 Å². The van der Waals surface area contributed by atoms with Crippen LogP contribution in [-0.4, -0.2) is 6.61 Å². The van der Waals surface area contributed by atoms with Gasteiger partial charge in [-0.05, 0) is 25.8 Å². The second kappa shape index (κ2) is 4.92. The zero-order valence-corrected chi connectivity index (χ0v) is 10.3. The van der Waals surface area contributed by atoms with E-state index in [1.165, 1.54) is 0 Å². The molecule has 1 aromatic rings. The Kier molecular flexibility index (Phi) is 3.62. The Morgan fingerprint density at radius 2 is 1.26 bits per heavy atom. The Labute approximate surface area is 106 Å². The van der Waals surface area contributed by atoms with E-state index in [9.17, 15) is 22.0 Å². The van der Waals surface area contributed by atoms with E-state index in [0.717, 1.165) is 11.1 Å². The molecule has 19 heavy (non-hydrogen) atoms. The largest absolute Gasteiger partial charge is 0.369 e. The van der Waals surface area contributed by atoms with Crippen molar-refractivity contribution in [2.75, 3.05) is 6.61 Å². The Morgan fingerprint density at radius 1 is 0.789 bits per heavy atom. The van der Waals surface area contributed by atoms with Gasteiger partial charge in [-0.3, -0.25) is 0 Å². The van der Waals surface area contributed by atoms with Gasteiger partial charge in [0.15, 0.2) is 23.3 Å². The van der Waals surface area contributed by atoms with Crippen LogP contribution in [0.5, 0.6) is 0 Å². The number of rotatable bonds is 1. The van der Waals surface area contributed by atoms with E-state index in [1.54, 1.807) is 13.8 Å². The molecule has 0 bridgehead atoms. The van der Waals surface area contributed by atoms with Crippen molar-refractivity contribution in [2.45, 2.75) is 26.4 Å². The number of hydrogen-bond donors (Lipinski definition) is 0. The summed E-state index contributed by atoms with van der Waals surface area (Å²) < 4.78 is 71.5. The van der Waals surface area contributed by atoms with Crippen molar-refractivity contribution in [3.8, 4) is 0 Å². The maximum Gasteiger partial charge on any atom is 0.200 e. The summed E-state index contributed by atoms with van der Waals surface area (Å²) in [6.45, 7) is 3.62. The maximum atomic E-state index is 13.6. The second-order valence-corrected chi connectivity index (χ2v) is 4.55. The summed E-state index contributed by atoms with van der Waals surface area (Å²) >= 11 is 0. The Bertz CT molecular complexity index is 536. The smallest absolute Gasteiger partial charge is 0.200 e. The zero-order valence-electron chi connectivity index (χ0n) is 10.3. The van der Waals surface area contributed by atoms with Crippen LogP contribution in [0.2, 0.25) is 0 Å². The first-order chi connectivity index (χ1) is 8.84. The zero-order chi connectivity index (χ0) is 14.3. The van der Waals surface area contributed by atoms with Crippen molar-refractivity contribution < 1.29 is 26.7 Å². The molecule has 0 fully saturated rings. The van der Waals surface area contributed by atoms with Crippen molar-refractivity contribution in [2.24, 2.45) is 0 Å². The molecule has 0 amide bonds. The molecule has 0 saturated heterocycles. The predicted molar refractivity (Wildman–Crippen MR) is 57.9 cm³/mol. The molecule has 2 rings (SSSR count). The fourth-order valence-electron chi connectivity index (χ4n) is 1.95. The summed E-state index contributed by atoms with van der Waals surface area (Å²) in [4.78, 5) is 0. The van der Waals surface area contributed by atoms with Crippen molar-refractivity contribution >= 4 is 0 Å². The molecule has 6 heteroatoms. The third-order valence-electron chi connectivity index (χ3n) is 3.29. The minimum Gasteiger partial charge on any atom is -0.369 e.